The minimum atomic E-state index is -1.60. The first-order valence-electron chi connectivity index (χ1n) is 14.7. The van der Waals surface area contributed by atoms with E-state index >= 15 is 0 Å². The summed E-state index contributed by atoms with van der Waals surface area (Å²) >= 11 is 0. The number of methoxy groups -OCH3 is 1. The Morgan fingerprint density at radius 1 is 0.717 bits per heavy atom. The number of hydrogen-bond donors (Lipinski definition) is 5. The topological polar surface area (TPSA) is 208 Å². The zero-order valence-corrected chi connectivity index (χ0v) is 25.1. The van der Waals surface area contributed by atoms with Gasteiger partial charge >= 0.3 is 11.3 Å². The molecule has 14 heteroatoms. The zero-order valence-electron chi connectivity index (χ0n) is 25.1. The number of aromatic hydroxyl groups is 1. The van der Waals surface area contributed by atoms with Crippen molar-refractivity contribution < 1.29 is 58.1 Å². The molecule has 0 amide bonds. The maximum absolute atomic E-state index is 13.4. The number of rotatable bonds is 5. The summed E-state index contributed by atoms with van der Waals surface area (Å²) in [6, 6.07) is 7.70. The average Bonchev–Trinajstić information content (AvgIpc) is 3.02. The number of phenols is 1. The fourth-order valence-corrected chi connectivity index (χ4v) is 6.58. The van der Waals surface area contributed by atoms with Crippen molar-refractivity contribution in [1.29, 1.82) is 0 Å². The Labute approximate surface area is 259 Å². The van der Waals surface area contributed by atoms with Crippen LogP contribution >= 0.6 is 0 Å². The molecule has 2 fully saturated rings. The molecule has 14 nitrogen and oxygen atoms in total. The van der Waals surface area contributed by atoms with Gasteiger partial charge in [-0.25, -0.2) is 9.59 Å². The Balaban J connectivity index is 1.38. The summed E-state index contributed by atoms with van der Waals surface area (Å²) in [7, 11) is 1.30. The molecule has 2 aliphatic rings. The first-order valence-corrected chi connectivity index (χ1v) is 14.7. The number of hydrogen-bond acceptors (Lipinski definition) is 14. The van der Waals surface area contributed by atoms with Gasteiger partial charge in [-0.3, -0.25) is 0 Å². The molecule has 5 N–H and O–H groups in total. The highest BCUT2D eigenvalue weighted by Gasteiger charge is 2.50. The highest BCUT2D eigenvalue weighted by molar-refractivity contribution is 6.28. The number of aryl methyl sites for hydroxylation is 1. The van der Waals surface area contributed by atoms with E-state index in [9.17, 15) is 35.1 Å². The highest BCUT2D eigenvalue weighted by atomic mass is 16.8. The fourth-order valence-electron chi connectivity index (χ4n) is 6.58. The van der Waals surface area contributed by atoms with E-state index in [1.54, 1.807) is 26.0 Å². The summed E-state index contributed by atoms with van der Waals surface area (Å²) in [6.07, 6.45) is -13.0. The van der Waals surface area contributed by atoms with E-state index in [0.29, 0.717) is 10.9 Å². The van der Waals surface area contributed by atoms with Crippen LogP contribution in [0.2, 0.25) is 0 Å². The molecule has 244 valence electrons. The first kappa shape index (κ1) is 30.8. The predicted molar refractivity (Wildman–Crippen MR) is 160 cm³/mol. The fraction of sp³-hybridized carbons (Fsp3) is 0.438. The number of fused-ring (bicyclic) bond motifs is 2. The van der Waals surface area contributed by atoms with Crippen LogP contribution < -0.4 is 16.0 Å². The molecule has 46 heavy (non-hydrogen) atoms. The van der Waals surface area contributed by atoms with Crippen LogP contribution in [-0.4, -0.2) is 94.1 Å². The summed E-state index contributed by atoms with van der Waals surface area (Å²) in [5.41, 5.74) is -0.899. The monoisotopic (exact) mass is 640 g/mol. The normalized spacial score (nSPS) is 32.2. The van der Waals surface area contributed by atoms with Crippen molar-refractivity contribution >= 4 is 43.5 Å². The standard InChI is InChI=1S/C32H32O14/c1-10-8-9-15-18-16(10)29(38)45-26-17-13(23(35)20(19(18)26)30(39)43-15)6-5-7-14(17)44-32-28(24(36)21(33)11(2)42-32)46-31-25(37)27(40-4)22(34)12(3)41-31/h5-9,11-12,21-22,24-25,27-28,31-37H,1-4H3/t11-,12+,21+,22-,24+,25-,27-,28+,31-,32+/m1/s1. The lowest BCUT2D eigenvalue weighted by molar-refractivity contribution is -0.353. The molecule has 0 bridgehead atoms. The third kappa shape index (κ3) is 4.48. The molecule has 5 aromatic rings. The van der Waals surface area contributed by atoms with Crippen LogP contribution in [-0.2, 0) is 18.9 Å². The molecule has 2 aliphatic heterocycles. The number of aliphatic hydroxyl groups excluding tert-OH is 4. The van der Waals surface area contributed by atoms with Gasteiger partial charge in [0.15, 0.2) is 18.0 Å². The van der Waals surface area contributed by atoms with Gasteiger partial charge in [-0.2, -0.15) is 0 Å². The zero-order chi connectivity index (χ0) is 32.8. The van der Waals surface area contributed by atoms with Crippen LogP contribution in [0, 0.1) is 6.92 Å². The minimum Gasteiger partial charge on any atom is -0.506 e. The van der Waals surface area contributed by atoms with Crippen LogP contribution in [0.5, 0.6) is 11.5 Å². The van der Waals surface area contributed by atoms with Gasteiger partial charge in [0.1, 0.15) is 53.0 Å². The van der Waals surface area contributed by atoms with E-state index in [2.05, 4.69) is 0 Å². The molecular weight excluding hydrogens is 608 g/mol. The van der Waals surface area contributed by atoms with Crippen LogP contribution in [0.25, 0.3) is 43.5 Å². The van der Waals surface area contributed by atoms with Gasteiger partial charge < -0.3 is 58.1 Å². The van der Waals surface area contributed by atoms with E-state index in [-0.39, 0.29) is 43.8 Å². The molecule has 4 heterocycles. The molecule has 0 radical (unpaired) electrons. The Morgan fingerprint density at radius 3 is 2.15 bits per heavy atom. The quantitative estimate of drug-likeness (QED) is 0.104. The van der Waals surface area contributed by atoms with Crippen molar-refractivity contribution in [2.24, 2.45) is 0 Å². The van der Waals surface area contributed by atoms with E-state index in [1.165, 1.54) is 32.2 Å². The van der Waals surface area contributed by atoms with Gasteiger partial charge in [0, 0.05) is 23.3 Å². The molecule has 7 rings (SSSR count). The summed E-state index contributed by atoms with van der Waals surface area (Å²) in [6.45, 7) is 4.77. The van der Waals surface area contributed by atoms with Crippen LogP contribution in [0.15, 0.2) is 48.8 Å². The summed E-state index contributed by atoms with van der Waals surface area (Å²) in [4.78, 5) is 26.5. The molecule has 2 aromatic heterocycles. The van der Waals surface area contributed by atoms with Crippen molar-refractivity contribution in [1.82, 2.24) is 0 Å². The molecule has 0 spiro atoms. The van der Waals surface area contributed by atoms with Gasteiger partial charge in [0.2, 0.25) is 6.29 Å². The Hall–Kier alpha value is -3.86. The van der Waals surface area contributed by atoms with Gasteiger partial charge in [-0.15, -0.1) is 0 Å². The molecule has 3 aromatic carbocycles. The smallest absolute Gasteiger partial charge is 0.348 e. The molecular formula is C32H32O14. The van der Waals surface area contributed by atoms with Crippen molar-refractivity contribution in [2.75, 3.05) is 7.11 Å². The third-order valence-electron chi connectivity index (χ3n) is 9.03. The SMILES string of the molecule is CO[C@H]1[C@@H](O)[C@@H](O[C@@H]2[C@H](Oc3cccc4c(O)c5c(=O)oc6ccc(C)c7c(=O)oc(c34)c5c67)O[C@H](C)[C@H](O)[C@@H]2O)O[C@@H](C)[C@H]1O. The van der Waals surface area contributed by atoms with E-state index in [1.807, 2.05) is 0 Å². The van der Waals surface area contributed by atoms with Gasteiger partial charge in [0.05, 0.1) is 23.0 Å². The lowest BCUT2D eigenvalue weighted by Crippen LogP contribution is -2.64. The third-order valence-corrected chi connectivity index (χ3v) is 9.03. The largest absolute Gasteiger partial charge is 0.506 e. The maximum Gasteiger partial charge on any atom is 0.348 e. The predicted octanol–water partition coefficient (Wildman–Crippen LogP) is 1.37. The second-order valence-electron chi connectivity index (χ2n) is 11.8. The van der Waals surface area contributed by atoms with Gasteiger partial charge in [-0.1, -0.05) is 18.2 Å². The van der Waals surface area contributed by atoms with Crippen LogP contribution in [0.1, 0.15) is 19.4 Å². The summed E-state index contributed by atoms with van der Waals surface area (Å²) in [5.74, 6) is -0.425. The van der Waals surface area contributed by atoms with Crippen molar-refractivity contribution in [3.8, 4) is 11.5 Å². The highest BCUT2D eigenvalue weighted by Crippen LogP contribution is 2.45. The second kappa shape index (κ2) is 11.1. The molecule has 0 unspecified atom stereocenters. The number of aliphatic hydroxyl groups is 4. The van der Waals surface area contributed by atoms with E-state index in [0.717, 1.165) is 0 Å². The van der Waals surface area contributed by atoms with Crippen molar-refractivity contribution in [3.05, 3.63) is 56.7 Å². The van der Waals surface area contributed by atoms with Crippen LogP contribution in [0.4, 0.5) is 0 Å². The number of phenolic OH excluding ortho intramolecular Hbond substituents is 1. The Morgan fingerprint density at radius 2 is 1.41 bits per heavy atom. The van der Waals surface area contributed by atoms with Gasteiger partial charge in [0.25, 0.3) is 0 Å². The van der Waals surface area contributed by atoms with E-state index in [4.69, 9.17) is 32.5 Å². The summed E-state index contributed by atoms with van der Waals surface area (Å²) in [5, 5.41) is 55.1. The average molecular weight is 641 g/mol. The van der Waals surface area contributed by atoms with Crippen molar-refractivity contribution in [3.63, 3.8) is 0 Å². The van der Waals surface area contributed by atoms with Gasteiger partial charge in [-0.05, 0) is 38.5 Å². The van der Waals surface area contributed by atoms with E-state index < -0.39 is 78.4 Å². The van der Waals surface area contributed by atoms with Crippen LogP contribution in [0.3, 0.4) is 0 Å². The Kier molecular flexibility index (Phi) is 7.45. The Bertz CT molecular complexity index is 2070. The molecule has 10 atom stereocenters. The summed E-state index contributed by atoms with van der Waals surface area (Å²) < 4.78 is 40.4. The minimum absolute atomic E-state index is 0.00746. The molecule has 2 saturated heterocycles. The van der Waals surface area contributed by atoms with Crippen molar-refractivity contribution in [2.45, 2.75) is 82.2 Å². The molecule has 0 saturated carbocycles. The number of ether oxygens (including phenoxy) is 5. The lowest BCUT2D eigenvalue weighted by atomic mass is 9.95. The molecule has 0 aliphatic carbocycles. The number of benzene rings is 3. The lowest BCUT2D eigenvalue weighted by Gasteiger charge is -2.46. The first-order chi connectivity index (χ1) is 21.9. The maximum atomic E-state index is 13.4. The second-order valence-corrected chi connectivity index (χ2v) is 11.8.